The predicted octanol–water partition coefficient (Wildman–Crippen LogP) is 5.41. The quantitative estimate of drug-likeness (QED) is 0.797. The summed E-state index contributed by atoms with van der Waals surface area (Å²) in [5.74, 6) is 1.67. The number of ether oxygens (including phenoxy) is 1. The zero-order valence-electron chi connectivity index (χ0n) is 12.8. The lowest BCUT2D eigenvalue weighted by atomic mass is 9.96. The van der Waals surface area contributed by atoms with E-state index in [9.17, 15) is 0 Å². The first-order valence-electron chi connectivity index (χ1n) is 7.72. The smallest absolute Gasteiger partial charge is 0.142 e. The highest BCUT2D eigenvalue weighted by atomic mass is 32.1. The first kappa shape index (κ1) is 14.5. The molecule has 1 atom stereocenters. The molecular weight excluding hydrogens is 278 g/mol. The standard InChI is InChI=1S/C18H23NOS/c1-13-9-10-15(16(12-13)20-2)19-18(14-6-3-4-7-14)17-8-5-11-21-17/h5,8-12,14,18-19H,3-4,6-7H2,1-2H3. The first-order valence-corrected chi connectivity index (χ1v) is 8.60. The molecule has 1 saturated carbocycles. The zero-order valence-corrected chi connectivity index (χ0v) is 13.6. The average molecular weight is 301 g/mol. The van der Waals surface area contributed by atoms with Gasteiger partial charge in [0.1, 0.15) is 5.75 Å². The summed E-state index contributed by atoms with van der Waals surface area (Å²) < 4.78 is 5.55. The highest BCUT2D eigenvalue weighted by Gasteiger charge is 2.27. The van der Waals surface area contributed by atoms with E-state index in [4.69, 9.17) is 4.74 Å². The molecule has 1 aliphatic carbocycles. The van der Waals surface area contributed by atoms with Gasteiger partial charge in [-0.25, -0.2) is 0 Å². The van der Waals surface area contributed by atoms with Crippen molar-refractivity contribution in [2.45, 2.75) is 38.6 Å². The van der Waals surface area contributed by atoms with E-state index in [1.807, 2.05) is 11.3 Å². The van der Waals surface area contributed by atoms with Crippen molar-refractivity contribution in [1.82, 2.24) is 0 Å². The maximum absolute atomic E-state index is 5.55. The van der Waals surface area contributed by atoms with Crippen molar-refractivity contribution in [2.75, 3.05) is 12.4 Å². The van der Waals surface area contributed by atoms with Gasteiger partial charge in [0.25, 0.3) is 0 Å². The van der Waals surface area contributed by atoms with Gasteiger partial charge in [0, 0.05) is 4.88 Å². The van der Waals surface area contributed by atoms with Gasteiger partial charge in [0.05, 0.1) is 18.8 Å². The molecule has 0 spiro atoms. The molecule has 2 nitrogen and oxygen atoms in total. The molecule has 1 unspecified atom stereocenters. The van der Waals surface area contributed by atoms with Gasteiger partial charge in [-0.1, -0.05) is 25.0 Å². The number of anilines is 1. The van der Waals surface area contributed by atoms with Crippen LogP contribution in [-0.4, -0.2) is 7.11 Å². The lowest BCUT2D eigenvalue weighted by Gasteiger charge is -2.26. The average Bonchev–Trinajstić information content (AvgIpc) is 3.19. The molecule has 2 aromatic rings. The number of hydrogen-bond acceptors (Lipinski definition) is 3. The largest absolute Gasteiger partial charge is 0.495 e. The van der Waals surface area contributed by atoms with Crippen molar-refractivity contribution in [1.29, 1.82) is 0 Å². The van der Waals surface area contributed by atoms with Gasteiger partial charge in [-0.15, -0.1) is 11.3 Å². The van der Waals surface area contributed by atoms with E-state index < -0.39 is 0 Å². The number of aryl methyl sites for hydroxylation is 1. The van der Waals surface area contributed by atoms with Crippen LogP contribution in [0.3, 0.4) is 0 Å². The van der Waals surface area contributed by atoms with E-state index in [1.54, 1.807) is 7.11 Å². The maximum atomic E-state index is 5.55. The molecule has 21 heavy (non-hydrogen) atoms. The monoisotopic (exact) mass is 301 g/mol. The van der Waals surface area contributed by atoms with E-state index in [0.717, 1.165) is 17.4 Å². The third kappa shape index (κ3) is 3.24. The van der Waals surface area contributed by atoms with Crippen LogP contribution in [0.1, 0.15) is 42.2 Å². The lowest BCUT2D eigenvalue weighted by Crippen LogP contribution is -2.18. The van der Waals surface area contributed by atoms with Gasteiger partial charge in [-0.05, 0) is 54.8 Å². The Hall–Kier alpha value is -1.48. The fourth-order valence-corrected chi connectivity index (χ4v) is 4.13. The van der Waals surface area contributed by atoms with Gasteiger partial charge < -0.3 is 10.1 Å². The Labute approximate surface area is 131 Å². The van der Waals surface area contributed by atoms with Crippen molar-refractivity contribution >= 4 is 17.0 Å². The van der Waals surface area contributed by atoms with Crippen molar-refractivity contribution in [3.8, 4) is 5.75 Å². The summed E-state index contributed by atoms with van der Waals surface area (Å²) >= 11 is 1.85. The summed E-state index contributed by atoms with van der Waals surface area (Å²) in [6, 6.07) is 11.2. The maximum Gasteiger partial charge on any atom is 0.142 e. The third-order valence-electron chi connectivity index (χ3n) is 4.39. The molecule has 0 radical (unpaired) electrons. The fourth-order valence-electron chi connectivity index (χ4n) is 3.27. The van der Waals surface area contributed by atoms with Gasteiger partial charge in [0.2, 0.25) is 0 Å². The van der Waals surface area contributed by atoms with Crippen molar-refractivity contribution in [2.24, 2.45) is 5.92 Å². The minimum absolute atomic E-state index is 0.407. The van der Waals surface area contributed by atoms with Crippen LogP contribution < -0.4 is 10.1 Å². The van der Waals surface area contributed by atoms with Gasteiger partial charge in [0.15, 0.2) is 0 Å². The number of rotatable bonds is 5. The second-order valence-electron chi connectivity index (χ2n) is 5.89. The molecule has 3 rings (SSSR count). The summed E-state index contributed by atoms with van der Waals surface area (Å²) in [4.78, 5) is 1.43. The molecule has 112 valence electrons. The summed E-state index contributed by atoms with van der Waals surface area (Å²) in [5, 5.41) is 5.93. The Kier molecular flexibility index (Phi) is 4.49. The zero-order chi connectivity index (χ0) is 14.7. The normalized spacial score (nSPS) is 16.9. The molecule has 1 fully saturated rings. The Morgan fingerprint density at radius 2 is 2.05 bits per heavy atom. The number of methoxy groups -OCH3 is 1. The fraction of sp³-hybridized carbons (Fsp3) is 0.444. The van der Waals surface area contributed by atoms with E-state index >= 15 is 0 Å². The topological polar surface area (TPSA) is 21.3 Å². The molecular formula is C18H23NOS. The van der Waals surface area contributed by atoms with Gasteiger partial charge in [-0.2, -0.15) is 0 Å². The van der Waals surface area contributed by atoms with Crippen LogP contribution in [-0.2, 0) is 0 Å². The number of benzene rings is 1. The second-order valence-corrected chi connectivity index (χ2v) is 6.86. The molecule has 3 heteroatoms. The van der Waals surface area contributed by atoms with Crippen LogP contribution in [0.2, 0.25) is 0 Å². The van der Waals surface area contributed by atoms with Crippen LogP contribution in [0.4, 0.5) is 5.69 Å². The molecule has 0 amide bonds. The Balaban J connectivity index is 1.87. The van der Waals surface area contributed by atoms with Crippen LogP contribution >= 0.6 is 11.3 Å². The summed E-state index contributed by atoms with van der Waals surface area (Å²) in [6.07, 6.45) is 5.37. The predicted molar refractivity (Wildman–Crippen MR) is 90.4 cm³/mol. The van der Waals surface area contributed by atoms with Crippen molar-refractivity contribution in [3.05, 3.63) is 46.2 Å². The van der Waals surface area contributed by atoms with Crippen LogP contribution in [0.15, 0.2) is 35.7 Å². The summed E-state index contributed by atoms with van der Waals surface area (Å²) in [5.41, 5.74) is 2.33. The van der Waals surface area contributed by atoms with Crippen molar-refractivity contribution in [3.63, 3.8) is 0 Å². The Morgan fingerprint density at radius 3 is 2.71 bits per heavy atom. The van der Waals surface area contributed by atoms with E-state index in [-0.39, 0.29) is 0 Å². The van der Waals surface area contributed by atoms with Gasteiger partial charge in [-0.3, -0.25) is 0 Å². The summed E-state index contributed by atoms with van der Waals surface area (Å²) in [7, 11) is 1.75. The van der Waals surface area contributed by atoms with Crippen LogP contribution in [0.5, 0.6) is 5.75 Å². The van der Waals surface area contributed by atoms with Crippen LogP contribution in [0, 0.1) is 12.8 Å². The van der Waals surface area contributed by atoms with Gasteiger partial charge >= 0.3 is 0 Å². The molecule has 1 aromatic heterocycles. The van der Waals surface area contributed by atoms with Crippen LogP contribution in [0.25, 0.3) is 0 Å². The Bertz CT molecular complexity index is 573. The summed E-state index contributed by atoms with van der Waals surface area (Å²) in [6.45, 7) is 2.10. The molecule has 0 bridgehead atoms. The molecule has 1 aromatic carbocycles. The van der Waals surface area contributed by atoms with E-state index in [1.165, 1.54) is 36.1 Å². The lowest BCUT2D eigenvalue weighted by molar-refractivity contribution is 0.413. The van der Waals surface area contributed by atoms with Crippen molar-refractivity contribution < 1.29 is 4.74 Å². The molecule has 1 heterocycles. The molecule has 0 aliphatic heterocycles. The first-order chi connectivity index (χ1) is 10.3. The number of thiophene rings is 1. The molecule has 1 aliphatic rings. The number of hydrogen-bond donors (Lipinski definition) is 1. The SMILES string of the molecule is COc1cc(C)ccc1NC(c1cccs1)C1CCCC1. The number of nitrogens with one attached hydrogen (secondary N) is 1. The second kappa shape index (κ2) is 6.52. The van der Waals surface area contributed by atoms with E-state index in [0.29, 0.717) is 6.04 Å². The highest BCUT2D eigenvalue weighted by Crippen LogP contribution is 2.41. The van der Waals surface area contributed by atoms with E-state index in [2.05, 4.69) is 48.0 Å². The highest BCUT2D eigenvalue weighted by molar-refractivity contribution is 7.10. The minimum atomic E-state index is 0.407. The molecule has 1 N–H and O–H groups in total. The minimum Gasteiger partial charge on any atom is -0.495 e. The third-order valence-corrected chi connectivity index (χ3v) is 5.34. The Morgan fingerprint density at radius 1 is 1.24 bits per heavy atom. The molecule has 0 saturated heterocycles.